The van der Waals surface area contributed by atoms with E-state index in [0.717, 1.165) is 37.7 Å². The third-order valence-corrected chi connectivity index (χ3v) is 8.78. The van der Waals surface area contributed by atoms with Crippen LogP contribution in [0.25, 0.3) is 0 Å². The fourth-order valence-corrected chi connectivity index (χ4v) is 6.38. The lowest BCUT2D eigenvalue weighted by molar-refractivity contribution is -0.172. The highest BCUT2D eigenvalue weighted by atomic mass is 16.6. The van der Waals surface area contributed by atoms with E-state index in [4.69, 9.17) is 4.74 Å². The summed E-state index contributed by atoms with van der Waals surface area (Å²) >= 11 is 0. The second-order valence-corrected chi connectivity index (χ2v) is 11.4. The number of ether oxygens (including phenoxy) is 1. The van der Waals surface area contributed by atoms with Crippen molar-refractivity contribution in [3.8, 4) is 0 Å². The molecule has 3 N–H and O–H groups in total. The minimum atomic E-state index is -0.649. The Balaban J connectivity index is 1.23. The van der Waals surface area contributed by atoms with Gasteiger partial charge in [0.1, 0.15) is 24.2 Å². The molecule has 216 valence electrons. The van der Waals surface area contributed by atoms with E-state index in [-0.39, 0.29) is 48.3 Å². The number of carbonyl (C=O) groups excluding carboxylic acids is 5. The van der Waals surface area contributed by atoms with Gasteiger partial charge in [-0.05, 0) is 70.2 Å². The average molecular weight is 554 g/mol. The van der Waals surface area contributed by atoms with Gasteiger partial charge in [0.25, 0.3) is 5.91 Å². The molecule has 5 aliphatic rings. The number of rotatable bonds is 7. The quantitative estimate of drug-likeness (QED) is 0.426. The Labute approximate surface area is 234 Å². The highest BCUT2D eigenvalue weighted by molar-refractivity contribution is 5.98. The van der Waals surface area contributed by atoms with E-state index in [1.807, 2.05) is 6.07 Å². The highest BCUT2D eigenvalue weighted by Gasteiger charge is 2.45. The molecule has 40 heavy (non-hydrogen) atoms. The van der Waals surface area contributed by atoms with Crippen LogP contribution in [-0.2, 0) is 30.5 Å². The summed E-state index contributed by atoms with van der Waals surface area (Å²) in [7, 11) is 1.69. The summed E-state index contributed by atoms with van der Waals surface area (Å²) in [6.07, 6.45) is 5.65. The van der Waals surface area contributed by atoms with Crippen molar-refractivity contribution in [1.82, 2.24) is 25.8 Å². The lowest BCUT2D eigenvalue weighted by Crippen LogP contribution is -2.59. The second-order valence-electron chi connectivity index (χ2n) is 11.4. The van der Waals surface area contributed by atoms with Crippen LogP contribution >= 0.6 is 0 Å². The molecule has 6 unspecified atom stereocenters. The van der Waals surface area contributed by atoms with Crippen LogP contribution in [0.4, 0.5) is 0 Å². The van der Waals surface area contributed by atoms with Gasteiger partial charge in [0.05, 0.1) is 12.6 Å². The molecule has 0 aliphatic carbocycles. The predicted molar refractivity (Wildman–Crippen MR) is 145 cm³/mol. The van der Waals surface area contributed by atoms with Crippen LogP contribution in [0.15, 0.2) is 24.3 Å². The molecule has 0 spiro atoms. The van der Waals surface area contributed by atoms with Crippen LogP contribution in [-0.4, -0.2) is 89.3 Å². The first-order chi connectivity index (χ1) is 19.3. The summed E-state index contributed by atoms with van der Waals surface area (Å²) in [6.45, 7) is 2.35. The minimum absolute atomic E-state index is 0.0165. The maximum absolute atomic E-state index is 13.6. The first-order valence-electron chi connectivity index (χ1n) is 14.4. The molecule has 6 atom stereocenters. The monoisotopic (exact) mass is 553 g/mol. The van der Waals surface area contributed by atoms with Crippen molar-refractivity contribution in [3.63, 3.8) is 0 Å². The summed E-state index contributed by atoms with van der Waals surface area (Å²) in [6, 6.07) is 4.82. The third-order valence-electron chi connectivity index (χ3n) is 8.78. The maximum Gasteiger partial charge on any atom is 0.329 e. The molecule has 5 fully saturated rings. The number of nitrogens with one attached hydrogen (secondary N) is 3. The van der Waals surface area contributed by atoms with Gasteiger partial charge in [-0.25, -0.2) is 4.79 Å². The van der Waals surface area contributed by atoms with Crippen molar-refractivity contribution < 1.29 is 28.7 Å². The zero-order chi connectivity index (χ0) is 28.4. The van der Waals surface area contributed by atoms with Gasteiger partial charge >= 0.3 is 5.97 Å². The van der Waals surface area contributed by atoms with Crippen LogP contribution in [0.3, 0.4) is 0 Å². The largest absolute Gasteiger partial charge is 0.459 e. The van der Waals surface area contributed by atoms with Gasteiger partial charge in [0.2, 0.25) is 17.7 Å². The first-order valence-corrected chi connectivity index (χ1v) is 14.4. The van der Waals surface area contributed by atoms with Gasteiger partial charge in [-0.2, -0.15) is 0 Å². The summed E-state index contributed by atoms with van der Waals surface area (Å²) in [5, 5.41) is 8.74. The number of carbonyl (C=O) groups is 5. The number of benzene rings is 1. The summed E-state index contributed by atoms with van der Waals surface area (Å²) in [5.74, 6) is -1.22. The molecule has 1 aromatic carbocycles. The Hall–Kier alpha value is -3.47. The van der Waals surface area contributed by atoms with Crippen LogP contribution in [0.5, 0.6) is 0 Å². The van der Waals surface area contributed by atoms with Gasteiger partial charge < -0.3 is 30.5 Å². The molecule has 0 radical (unpaired) electrons. The van der Waals surface area contributed by atoms with Gasteiger partial charge in [-0.3, -0.25) is 19.2 Å². The van der Waals surface area contributed by atoms with E-state index >= 15 is 0 Å². The van der Waals surface area contributed by atoms with E-state index < -0.39 is 24.2 Å². The van der Waals surface area contributed by atoms with Gasteiger partial charge in [-0.1, -0.05) is 25.0 Å². The number of hydrogen-bond donors (Lipinski definition) is 3. The molecule has 1 aromatic rings. The number of amides is 4. The Kier molecular flexibility index (Phi) is 8.39. The van der Waals surface area contributed by atoms with E-state index in [9.17, 15) is 24.0 Å². The zero-order valence-electron chi connectivity index (χ0n) is 23.2. The summed E-state index contributed by atoms with van der Waals surface area (Å²) in [4.78, 5) is 68.1. The lowest BCUT2D eigenvalue weighted by atomic mass is 9.95. The highest BCUT2D eigenvalue weighted by Crippen LogP contribution is 2.32. The van der Waals surface area contributed by atoms with Gasteiger partial charge in [0, 0.05) is 18.2 Å². The van der Waals surface area contributed by atoms with Crippen molar-refractivity contribution in [2.24, 2.45) is 0 Å². The number of piperidine rings is 1. The van der Waals surface area contributed by atoms with Crippen LogP contribution in [0, 0.1) is 0 Å². The molecule has 5 aliphatic heterocycles. The molecule has 2 bridgehead atoms. The fourth-order valence-electron chi connectivity index (χ4n) is 6.38. The molecule has 5 heterocycles. The molecular formula is C29H39N5O6. The van der Waals surface area contributed by atoms with Crippen LogP contribution < -0.4 is 16.0 Å². The van der Waals surface area contributed by atoms with E-state index in [1.54, 1.807) is 42.0 Å². The van der Waals surface area contributed by atoms with Crippen LogP contribution in [0.2, 0.25) is 0 Å². The number of morpholine rings is 1. The van der Waals surface area contributed by atoms with Crippen molar-refractivity contribution in [2.45, 2.75) is 101 Å². The second kappa shape index (κ2) is 12.0. The summed E-state index contributed by atoms with van der Waals surface area (Å²) < 4.78 is 5.31. The Morgan fingerprint density at radius 2 is 1.85 bits per heavy atom. The van der Waals surface area contributed by atoms with E-state index in [1.165, 1.54) is 0 Å². The first kappa shape index (κ1) is 28.1. The average Bonchev–Trinajstić information content (AvgIpc) is 3.39. The smallest absolute Gasteiger partial charge is 0.329 e. The van der Waals surface area contributed by atoms with Crippen molar-refractivity contribution in [3.05, 3.63) is 35.4 Å². The van der Waals surface area contributed by atoms with Crippen molar-refractivity contribution >= 4 is 29.6 Å². The molecule has 0 saturated carbocycles. The molecule has 11 heteroatoms. The number of nitrogens with zero attached hydrogens (tertiary/aromatic N) is 2. The molecule has 11 nitrogen and oxygen atoms in total. The molecule has 5 saturated heterocycles. The third kappa shape index (κ3) is 5.70. The minimum Gasteiger partial charge on any atom is -0.459 e. The molecule has 0 aromatic heterocycles. The van der Waals surface area contributed by atoms with Crippen molar-refractivity contribution in [1.29, 1.82) is 0 Å². The Bertz CT molecular complexity index is 1170. The fraction of sp³-hybridized carbons (Fsp3) is 0.621. The van der Waals surface area contributed by atoms with E-state index in [0.29, 0.717) is 31.4 Å². The number of fused-ring (bicyclic) bond motifs is 4. The predicted octanol–water partition coefficient (Wildman–Crippen LogP) is 0.859. The van der Waals surface area contributed by atoms with Crippen LogP contribution in [0.1, 0.15) is 74.2 Å². The Morgan fingerprint density at radius 1 is 1.05 bits per heavy atom. The maximum atomic E-state index is 13.6. The molecular weight excluding hydrogens is 514 g/mol. The number of esters is 1. The SMILES string of the molecule is CNC(C)C(=O)NC1CCCCC2CCC(C(=O)NCc3cccc(C(=O)N4CC5CCC4C(=O)O5)c3)N2C1=O. The number of likely N-dealkylation sites (N-methyl/N-ethyl adjacent to an activating group) is 1. The van der Waals surface area contributed by atoms with Crippen molar-refractivity contribution in [2.75, 3.05) is 13.6 Å². The zero-order valence-corrected chi connectivity index (χ0v) is 23.2. The van der Waals surface area contributed by atoms with Gasteiger partial charge in [-0.15, -0.1) is 0 Å². The molecule has 6 rings (SSSR count). The summed E-state index contributed by atoms with van der Waals surface area (Å²) in [5.41, 5.74) is 1.21. The lowest BCUT2D eigenvalue weighted by Gasteiger charge is -2.43. The Morgan fingerprint density at radius 3 is 2.60 bits per heavy atom. The van der Waals surface area contributed by atoms with E-state index in [2.05, 4.69) is 16.0 Å². The normalized spacial score (nSPS) is 28.7. The molecule has 4 amide bonds. The number of hydrogen-bond acceptors (Lipinski definition) is 7. The topological polar surface area (TPSA) is 137 Å². The van der Waals surface area contributed by atoms with Gasteiger partial charge in [0.15, 0.2) is 0 Å². The standard InChI is InChI=1S/C29H39N5O6/c1-17(30-2)25(35)32-22-9-4-3-8-20-10-12-23(34(20)28(22)38)26(36)31-15-18-6-5-7-19(14-18)27(37)33-16-21-11-13-24(33)29(39)40-21/h5-7,14,17,20-24,30H,3-4,8-13,15-16H2,1-2H3,(H,31,36)(H,32,35).